The zero-order valence-electron chi connectivity index (χ0n) is 13.1. The lowest BCUT2D eigenvalue weighted by Crippen LogP contribution is -2.11. The Kier molecular flexibility index (Phi) is 3.72. The number of rotatable bonds is 3. The first-order valence-corrected chi connectivity index (χ1v) is 7.97. The standard InChI is InChI=1S/C22H16O2/c23-21-18-13-7-8-14-20(18)24-22(17-11-5-2-6-12-17)19(21)15-16-9-3-1-4-10-16/h1-14H,15H2. The van der Waals surface area contributed by atoms with E-state index >= 15 is 0 Å². The van der Waals surface area contributed by atoms with Gasteiger partial charge in [0.2, 0.25) is 0 Å². The number of benzene rings is 3. The lowest BCUT2D eigenvalue weighted by Gasteiger charge is -2.10. The third kappa shape index (κ3) is 2.63. The summed E-state index contributed by atoms with van der Waals surface area (Å²) in [6.07, 6.45) is 0.554. The molecule has 0 aliphatic rings. The lowest BCUT2D eigenvalue weighted by atomic mass is 9.98. The van der Waals surface area contributed by atoms with Crippen LogP contribution in [0.4, 0.5) is 0 Å². The molecule has 0 saturated carbocycles. The second-order valence-electron chi connectivity index (χ2n) is 5.76. The van der Waals surface area contributed by atoms with Gasteiger partial charge in [-0.3, -0.25) is 4.79 Å². The fourth-order valence-electron chi connectivity index (χ4n) is 2.96. The van der Waals surface area contributed by atoms with E-state index in [0.29, 0.717) is 28.7 Å². The van der Waals surface area contributed by atoms with Crippen molar-refractivity contribution in [3.8, 4) is 11.3 Å². The number of hydrogen-bond acceptors (Lipinski definition) is 2. The molecule has 1 heterocycles. The van der Waals surface area contributed by atoms with Crippen molar-refractivity contribution in [1.82, 2.24) is 0 Å². The van der Waals surface area contributed by atoms with Crippen LogP contribution in [0.1, 0.15) is 11.1 Å². The highest BCUT2D eigenvalue weighted by Crippen LogP contribution is 2.27. The van der Waals surface area contributed by atoms with Crippen LogP contribution in [0.2, 0.25) is 0 Å². The van der Waals surface area contributed by atoms with Gasteiger partial charge in [0.1, 0.15) is 11.3 Å². The van der Waals surface area contributed by atoms with Crippen LogP contribution < -0.4 is 5.43 Å². The molecular weight excluding hydrogens is 296 g/mol. The highest BCUT2D eigenvalue weighted by molar-refractivity contribution is 5.80. The minimum Gasteiger partial charge on any atom is -0.456 e. The van der Waals surface area contributed by atoms with E-state index in [1.54, 1.807) is 0 Å². The molecule has 3 aromatic carbocycles. The average molecular weight is 312 g/mol. The van der Waals surface area contributed by atoms with Crippen molar-refractivity contribution in [3.63, 3.8) is 0 Å². The largest absolute Gasteiger partial charge is 0.456 e. The lowest BCUT2D eigenvalue weighted by molar-refractivity contribution is 0.611. The van der Waals surface area contributed by atoms with E-state index in [9.17, 15) is 4.79 Å². The first-order chi connectivity index (χ1) is 11.8. The minimum absolute atomic E-state index is 0.0413. The fraction of sp³-hybridized carbons (Fsp3) is 0.0455. The molecule has 4 rings (SSSR count). The van der Waals surface area contributed by atoms with Gasteiger partial charge in [-0.15, -0.1) is 0 Å². The van der Waals surface area contributed by atoms with Crippen molar-refractivity contribution in [2.24, 2.45) is 0 Å². The Morgan fingerprint density at radius 3 is 2.08 bits per heavy atom. The van der Waals surface area contributed by atoms with E-state index in [-0.39, 0.29) is 5.43 Å². The third-order valence-electron chi connectivity index (χ3n) is 4.15. The van der Waals surface area contributed by atoms with E-state index in [2.05, 4.69) is 0 Å². The molecule has 0 aliphatic heterocycles. The summed E-state index contributed by atoms with van der Waals surface area (Å²) in [5.41, 5.74) is 3.38. The Labute approximate surface area is 140 Å². The van der Waals surface area contributed by atoms with E-state index in [1.807, 2.05) is 84.9 Å². The van der Waals surface area contributed by atoms with Crippen molar-refractivity contribution >= 4 is 11.0 Å². The molecule has 2 nitrogen and oxygen atoms in total. The normalized spacial score (nSPS) is 10.8. The molecule has 24 heavy (non-hydrogen) atoms. The Bertz CT molecular complexity index is 1030. The Morgan fingerprint density at radius 1 is 0.708 bits per heavy atom. The summed E-state index contributed by atoms with van der Waals surface area (Å²) in [4.78, 5) is 13.1. The van der Waals surface area contributed by atoms with Crippen LogP contribution in [-0.4, -0.2) is 0 Å². The molecule has 0 unspecified atom stereocenters. The van der Waals surface area contributed by atoms with Crippen molar-refractivity contribution in [2.75, 3.05) is 0 Å². The summed E-state index contributed by atoms with van der Waals surface area (Å²) < 4.78 is 6.13. The van der Waals surface area contributed by atoms with Gasteiger partial charge in [0.15, 0.2) is 5.43 Å². The summed E-state index contributed by atoms with van der Waals surface area (Å²) in [7, 11) is 0. The van der Waals surface area contributed by atoms with E-state index in [0.717, 1.165) is 11.1 Å². The van der Waals surface area contributed by atoms with Crippen LogP contribution in [0.25, 0.3) is 22.3 Å². The summed E-state index contributed by atoms with van der Waals surface area (Å²) in [5.74, 6) is 0.656. The molecule has 0 spiro atoms. The van der Waals surface area contributed by atoms with Crippen molar-refractivity contribution in [2.45, 2.75) is 6.42 Å². The van der Waals surface area contributed by atoms with Crippen molar-refractivity contribution < 1.29 is 4.42 Å². The summed E-state index contributed by atoms with van der Waals surface area (Å²) >= 11 is 0. The van der Waals surface area contributed by atoms with Crippen LogP contribution in [0, 0.1) is 0 Å². The molecule has 4 aromatic rings. The molecule has 0 atom stereocenters. The second kappa shape index (κ2) is 6.17. The number of hydrogen-bond donors (Lipinski definition) is 0. The smallest absolute Gasteiger partial charge is 0.196 e. The van der Waals surface area contributed by atoms with Crippen molar-refractivity contribution in [1.29, 1.82) is 0 Å². The van der Waals surface area contributed by atoms with Gasteiger partial charge in [0.05, 0.1) is 5.39 Å². The second-order valence-corrected chi connectivity index (χ2v) is 5.76. The van der Waals surface area contributed by atoms with Gasteiger partial charge in [-0.05, 0) is 17.7 Å². The molecule has 0 saturated heterocycles. The molecule has 0 bridgehead atoms. The van der Waals surface area contributed by atoms with Gasteiger partial charge in [0, 0.05) is 17.5 Å². The summed E-state index contributed by atoms with van der Waals surface area (Å²) in [6.45, 7) is 0. The molecular formula is C22H16O2. The van der Waals surface area contributed by atoms with Crippen molar-refractivity contribution in [3.05, 3.63) is 106 Å². The fourth-order valence-corrected chi connectivity index (χ4v) is 2.96. The first-order valence-electron chi connectivity index (χ1n) is 7.97. The maximum Gasteiger partial charge on any atom is 0.196 e. The van der Waals surface area contributed by atoms with Gasteiger partial charge in [0.25, 0.3) is 0 Å². The molecule has 0 fully saturated rings. The zero-order chi connectivity index (χ0) is 16.4. The first kappa shape index (κ1) is 14.5. The van der Waals surface area contributed by atoms with Gasteiger partial charge in [-0.2, -0.15) is 0 Å². The molecule has 0 amide bonds. The highest BCUT2D eigenvalue weighted by Gasteiger charge is 2.16. The van der Waals surface area contributed by atoms with Crippen LogP contribution in [0.3, 0.4) is 0 Å². The quantitative estimate of drug-likeness (QED) is 0.530. The van der Waals surface area contributed by atoms with E-state index in [1.165, 1.54) is 0 Å². The van der Waals surface area contributed by atoms with Gasteiger partial charge in [-0.1, -0.05) is 72.8 Å². The zero-order valence-corrected chi connectivity index (χ0v) is 13.1. The maximum absolute atomic E-state index is 13.1. The van der Waals surface area contributed by atoms with E-state index in [4.69, 9.17) is 4.42 Å². The molecule has 2 heteroatoms. The monoisotopic (exact) mass is 312 g/mol. The highest BCUT2D eigenvalue weighted by atomic mass is 16.3. The number of fused-ring (bicyclic) bond motifs is 1. The summed E-state index contributed by atoms with van der Waals surface area (Å²) in [6, 6.07) is 27.2. The molecule has 0 radical (unpaired) electrons. The van der Waals surface area contributed by atoms with Crippen LogP contribution in [-0.2, 0) is 6.42 Å². The van der Waals surface area contributed by atoms with Crippen LogP contribution in [0.5, 0.6) is 0 Å². The molecule has 1 aromatic heterocycles. The topological polar surface area (TPSA) is 30.2 Å². The third-order valence-corrected chi connectivity index (χ3v) is 4.15. The number of para-hydroxylation sites is 1. The Morgan fingerprint density at radius 2 is 1.33 bits per heavy atom. The summed E-state index contributed by atoms with van der Waals surface area (Å²) in [5, 5.41) is 0.628. The minimum atomic E-state index is 0.0413. The molecule has 116 valence electrons. The van der Waals surface area contributed by atoms with Crippen LogP contribution in [0.15, 0.2) is 94.1 Å². The Balaban J connectivity index is 1.98. The predicted molar refractivity (Wildman–Crippen MR) is 97.2 cm³/mol. The molecule has 0 aliphatic carbocycles. The average Bonchev–Trinajstić information content (AvgIpc) is 2.65. The van der Waals surface area contributed by atoms with Gasteiger partial charge < -0.3 is 4.42 Å². The van der Waals surface area contributed by atoms with Crippen LogP contribution >= 0.6 is 0 Å². The molecule has 0 N–H and O–H groups in total. The Hall–Kier alpha value is -3.13. The van der Waals surface area contributed by atoms with Gasteiger partial charge in [-0.25, -0.2) is 0 Å². The predicted octanol–water partition coefficient (Wildman–Crippen LogP) is 5.05. The SMILES string of the molecule is O=c1c(Cc2ccccc2)c(-c2ccccc2)oc2ccccc12. The maximum atomic E-state index is 13.1. The van der Waals surface area contributed by atoms with Gasteiger partial charge >= 0.3 is 0 Å². The van der Waals surface area contributed by atoms with E-state index < -0.39 is 0 Å².